The molecule has 0 radical (unpaired) electrons. The molecular weight excluding hydrogens is 442 g/mol. The Morgan fingerprint density at radius 2 is 1.97 bits per heavy atom. The summed E-state index contributed by atoms with van der Waals surface area (Å²) in [5.41, 5.74) is 1.81. The van der Waals surface area contributed by atoms with Crippen molar-refractivity contribution in [1.29, 1.82) is 0 Å². The van der Waals surface area contributed by atoms with Gasteiger partial charge in [-0.2, -0.15) is 0 Å². The Labute approximate surface area is 193 Å². The summed E-state index contributed by atoms with van der Waals surface area (Å²) >= 11 is 0. The molecule has 174 valence electrons. The summed E-state index contributed by atoms with van der Waals surface area (Å²) in [6, 6.07) is 15.3. The zero-order valence-corrected chi connectivity index (χ0v) is 19.6. The van der Waals surface area contributed by atoms with E-state index in [4.69, 9.17) is 9.15 Å². The Kier molecular flexibility index (Phi) is 6.44. The van der Waals surface area contributed by atoms with E-state index in [2.05, 4.69) is 5.32 Å². The molecule has 2 heterocycles. The quantitative estimate of drug-likeness (QED) is 0.545. The van der Waals surface area contributed by atoms with Crippen molar-refractivity contribution in [2.45, 2.75) is 17.4 Å². The van der Waals surface area contributed by atoms with Gasteiger partial charge in [0.05, 0.1) is 35.6 Å². The van der Waals surface area contributed by atoms with Crippen LogP contribution in [-0.2, 0) is 16.4 Å². The summed E-state index contributed by atoms with van der Waals surface area (Å²) < 4.78 is 39.1. The van der Waals surface area contributed by atoms with Gasteiger partial charge in [0.1, 0.15) is 11.5 Å². The molecule has 0 saturated heterocycles. The van der Waals surface area contributed by atoms with E-state index in [1.165, 1.54) is 29.6 Å². The monoisotopic (exact) mass is 469 g/mol. The lowest BCUT2D eigenvalue weighted by molar-refractivity contribution is 0.0935. The van der Waals surface area contributed by atoms with Gasteiger partial charge in [0.15, 0.2) is 0 Å². The lowest BCUT2D eigenvalue weighted by atomic mass is 10.1. The number of para-hydroxylation sites is 1. The van der Waals surface area contributed by atoms with E-state index in [1.54, 1.807) is 18.4 Å². The van der Waals surface area contributed by atoms with Crippen molar-refractivity contribution in [1.82, 2.24) is 10.2 Å². The smallest absolute Gasteiger partial charge is 0.264 e. The van der Waals surface area contributed by atoms with Gasteiger partial charge in [-0.25, -0.2) is 8.42 Å². The third-order valence-electron chi connectivity index (χ3n) is 5.80. The van der Waals surface area contributed by atoms with Gasteiger partial charge in [0.25, 0.3) is 15.9 Å². The SMILES string of the molecule is COc1ccc(S(=O)(=O)N2CCc3ccccc32)cc1C(=O)NC[C@@H](c1ccco1)N(C)C. The molecule has 4 rings (SSSR count). The summed E-state index contributed by atoms with van der Waals surface area (Å²) in [6.07, 6.45) is 2.24. The predicted octanol–water partition coefficient (Wildman–Crippen LogP) is 3.07. The van der Waals surface area contributed by atoms with Crippen molar-refractivity contribution in [3.8, 4) is 5.75 Å². The molecule has 1 amide bonds. The first-order valence-corrected chi connectivity index (χ1v) is 12.0. The first-order chi connectivity index (χ1) is 15.8. The summed E-state index contributed by atoms with van der Waals surface area (Å²) in [5, 5.41) is 2.88. The number of anilines is 1. The maximum Gasteiger partial charge on any atom is 0.264 e. The zero-order chi connectivity index (χ0) is 23.6. The van der Waals surface area contributed by atoms with Gasteiger partial charge in [-0.05, 0) is 62.5 Å². The maximum atomic E-state index is 13.4. The third-order valence-corrected chi connectivity index (χ3v) is 7.61. The maximum absolute atomic E-state index is 13.4. The number of sulfonamides is 1. The highest BCUT2D eigenvalue weighted by atomic mass is 32.2. The predicted molar refractivity (Wildman–Crippen MR) is 125 cm³/mol. The van der Waals surface area contributed by atoms with Gasteiger partial charge in [-0.1, -0.05) is 18.2 Å². The molecule has 33 heavy (non-hydrogen) atoms. The van der Waals surface area contributed by atoms with E-state index in [9.17, 15) is 13.2 Å². The molecule has 0 bridgehead atoms. The van der Waals surface area contributed by atoms with Crippen LogP contribution in [0, 0.1) is 0 Å². The summed E-state index contributed by atoms with van der Waals surface area (Å²) in [7, 11) is 1.39. The van der Waals surface area contributed by atoms with E-state index >= 15 is 0 Å². The van der Waals surface area contributed by atoms with Crippen LogP contribution in [-0.4, -0.2) is 53.5 Å². The molecule has 1 aliphatic heterocycles. The molecule has 1 aliphatic rings. The van der Waals surface area contributed by atoms with Crippen LogP contribution >= 0.6 is 0 Å². The van der Waals surface area contributed by atoms with Crippen LogP contribution in [0.5, 0.6) is 5.75 Å². The van der Waals surface area contributed by atoms with Gasteiger partial charge >= 0.3 is 0 Å². The molecule has 3 aromatic rings. The molecule has 8 nitrogen and oxygen atoms in total. The van der Waals surface area contributed by atoms with Crippen molar-refractivity contribution in [2.24, 2.45) is 0 Å². The number of carbonyl (C=O) groups is 1. The van der Waals surface area contributed by atoms with Crippen LogP contribution in [0.4, 0.5) is 5.69 Å². The fraction of sp³-hybridized carbons (Fsp3) is 0.292. The highest BCUT2D eigenvalue weighted by Crippen LogP contribution is 2.34. The minimum absolute atomic E-state index is 0.0420. The highest BCUT2D eigenvalue weighted by molar-refractivity contribution is 7.92. The van der Waals surface area contributed by atoms with Crippen LogP contribution in [0.3, 0.4) is 0 Å². The van der Waals surface area contributed by atoms with Crippen molar-refractivity contribution in [3.05, 3.63) is 77.7 Å². The molecule has 1 N–H and O–H groups in total. The normalized spacial score (nSPS) is 14.2. The largest absolute Gasteiger partial charge is 0.496 e. The second-order valence-corrected chi connectivity index (χ2v) is 9.89. The zero-order valence-electron chi connectivity index (χ0n) is 18.8. The number of likely N-dealkylation sites (N-methyl/N-ethyl adjacent to an activating group) is 1. The highest BCUT2D eigenvalue weighted by Gasteiger charge is 2.31. The Morgan fingerprint density at radius 3 is 2.67 bits per heavy atom. The molecular formula is C24H27N3O5S. The fourth-order valence-electron chi connectivity index (χ4n) is 4.01. The number of amides is 1. The Bertz CT molecular complexity index is 1240. The second kappa shape index (κ2) is 9.29. The molecule has 1 aromatic heterocycles. The average Bonchev–Trinajstić information content (AvgIpc) is 3.49. The number of nitrogens with zero attached hydrogens (tertiary/aromatic N) is 2. The fourth-order valence-corrected chi connectivity index (χ4v) is 5.54. The van der Waals surface area contributed by atoms with Gasteiger partial charge in [-0.3, -0.25) is 14.0 Å². The number of hydrogen-bond acceptors (Lipinski definition) is 6. The second-order valence-electron chi connectivity index (χ2n) is 8.02. The lowest BCUT2D eigenvalue weighted by Crippen LogP contribution is -2.34. The third kappa shape index (κ3) is 4.46. The number of benzene rings is 2. The van der Waals surface area contributed by atoms with E-state index in [1.807, 2.05) is 43.3 Å². The minimum atomic E-state index is -3.84. The number of methoxy groups -OCH3 is 1. The standard InChI is InChI=1S/C24H27N3O5S/c1-26(2)21(23-9-6-14-32-23)16-25-24(28)19-15-18(10-11-22(19)31-3)33(29,30)27-13-12-17-7-4-5-8-20(17)27/h4-11,14-15,21H,12-13,16H2,1-3H3,(H,25,28)/t21-/m0/s1. The summed E-state index contributed by atoms with van der Waals surface area (Å²) in [5.74, 6) is 0.591. The van der Waals surface area contributed by atoms with Gasteiger partial charge < -0.3 is 14.5 Å². The van der Waals surface area contributed by atoms with Crippen LogP contribution < -0.4 is 14.4 Å². The summed E-state index contributed by atoms with van der Waals surface area (Å²) in [4.78, 5) is 15.0. The molecule has 0 fully saturated rings. The number of hydrogen-bond donors (Lipinski definition) is 1. The van der Waals surface area contributed by atoms with E-state index in [0.717, 1.165) is 11.3 Å². The number of ether oxygens (including phenoxy) is 1. The van der Waals surface area contributed by atoms with Gasteiger partial charge in [0.2, 0.25) is 0 Å². The molecule has 1 atom stereocenters. The van der Waals surface area contributed by atoms with E-state index < -0.39 is 15.9 Å². The molecule has 2 aromatic carbocycles. The van der Waals surface area contributed by atoms with Crippen molar-refractivity contribution in [2.75, 3.05) is 38.6 Å². The van der Waals surface area contributed by atoms with Crippen LogP contribution in [0.15, 0.2) is 70.2 Å². The van der Waals surface area contributed by atoms with Gasteiger partial charge in [0, 0.05) is 13.1 Å². The first kappa shape index (κ1) is 22.9. The molecule has 9 heteroatoms. The topological polar surface area (TPSA) is 92.1 Å². The molecule has 0 saturated carbocycles. The van der Waals surface area contributed by atoms with E-state index in [0.29, 0.717) is 24.4 Å². The van der Waals surface area contributed by atoms with Crippen LogP contribution in [0.25, 0.3) is 0 Å². The van der Waals surface area contributed by atoms with Crippen LogP contribution in [0.1, 0.15) is 27.7 Å². The number of nitrogens with one attached hydrogen (secondary N) is 1. The van der Waals surface area contributed by atoms with Crippen molar-refractivity contribution >= 4 is 21.6 Å². The first-order valence-electron chi connectivity index (χ1n) is 10.6. The minimum Gasteiger partial charge on any atom is -0.496 e. The summed E-state index contributed by atoms with van der Waals surface area (Å²) in [6.45, 7) is 0.641. The Morgan fingerprint density at radius 1 is 1.18 bits per heavy atom. The molecule has 0 spiro atoms. The number of rotatable bonds is 8. The molecule has 0 aliphatic carbocycles. The average molecular weight is 470 g/mol. The lowest BCUT2D eigenvalue weighted by Gasteiger charge is -2.23. The Hall–Kier alpha value is -3.30. The van der Waals surface area contributed by atoms with Crippen molar-refractivity contribution < 1.29 is 22.4 Å². The van der Waals surface area contributed by atoms with Crippen molar-refractivity contribution in [3.63, 3.8) is 0 Å². The van der Waals surface area contributed by atoms with E-state index in [-0.39, 0.29) is 23.0 Å². The Balaban J connectivity index is 1.60. The number of carbonyl (C=O) groups excluding carboxylic acids is 1. The van der Waals surface area contributed by atoms with Crippen LogP contribution in [0.2, 0.25) is 0 Å². The number of fused-ring (bicyclic) bond motifs is 1. The van der Waals surface area contributed by atoms with Gasteiger partial charge in [-0.15, -0.1) is 0 Å². The number of furan rings is 1. The molecule has 0 unspecified atom stereocenters.